The van der Waals surface area contributed by atoms with Crippen molar-refractivity contribution >= 4 is 11.8 Å². The molecular weight excluding hydrogens is 428 g/mol. The molecule has 176 valence electrons. The van der Waals surface area contributed by atoms with Gasteiger partial charge in [0.1, 0.15) is 0 Å². The van der Waals surface area contributed by atoms with E-state index in [2.05, 4.69) is 5.32 Å². The van der Waals surface area contributed by atoms with Crippen molar-refractivity contribution in [2.75, 3.05) is 13.7 Å². The van der Waals surface area contributed by atoms with Crippen LogP contribution in [0.25, 0.3) is 0 Å². The molecule has 1 aliphatic rings. The fourth-order valence-corrected chi connectivity index (χ4v) is 4.26. The lowest BCUT2D eigenvalue weighted by molar-refractivity contribution is -0.122. The van der Waals surface area contributed by atoms with Gasteiger partial charge in [-0.05, 0) is 48.7 Å². The Morgan fingerprint density at radius 2 is 1.82 bits per heavy atom. The Kier molecular flexibility index (Phi) is 7.16. The van der Waals surface area contributed by atoms with Crippen molar-refractivity contribution in [1.82, 2.24) is 10.2 Å². The molecule has 34 heavy (non-hydrogen) atoms. The van der Waals surface area contributed by atoms with Gasteiger partial charge in [0, 0.05) is 18.7 Å². The summed E-state index contributed by atoms with van der Waals surface area (Å²) in [4.78, 5) is 28.1. The number of rotatable bonds is 9. The van der Waals surface area contributed by atoms with Crippen LogP contribution >= 0.6 is 0 Å². The van der Waals surface area contributed by atoms with Crippen molar-refractivity contribution in [3.8, 4) is 11.5 Å². The topological polar surface area (TPSA) is 67.9 Å². The standard InChI is InChI=1S/C28H30N2O4/c1-4-34-25-14-13-21(15-26(25)33-3)24(30-18-22-7-5-6-8-23(22)28(30)32)16-27(31)29-17-20-11-9-19(2)10-12-20/h5-15,24H,4,16-18H2,1-3H3,(H,29,31)/t24-/m0/s1. The van der Waals surface area contributed by atoms with Crippen molar-refractivity contribution in [2.45, 2.75) is 39.4 Å². The van der Waals surface area contributed by atoms with Crippen molar-refractivity contribution in [1.29, 1.82) is 0 Å². The normalized spacial score (nSPS) is 13.4. The molecule has 3 aromatic rings. The average molecular weight is 459 g/mol. The third kappa shape index (κ3) is 5.06. The number of fused-ring (bicyclic) bond motifs is 1. The lowest BCUT2D eigenvalue weighted by Crippen LogP contribution is -2.34. The summed E-state index contributed by atoms with van der Waals surface area (Å²) in [6, 6.07) is 20.8. The van der Waals surface area contributed by atoms with E-state index in [1.54, 1.807) is 12.0 Å². The molecule has 0 aromatic heterocycles. The smallest absolute Gasteiger partial charge is 0.255 e. The molecule has 0 saturated carbocycles. The minimum absolute atomic E-state index is 0.0696. The Morgan fingerprint density at radius 1 is 1.06 bits per heavy atom. The van der Waals surface area contributed by atoms with Gasteiger partial charge < -0.3 is 19.7 Å². The molecule has 0 unspecified atom stereocenters. The van der Waals surface area contributed by atoms with E-state index in [0.29, 0.717) is 36.8 Å². The number of ether oxygens (including phenoxy) is 2. The zero-order valence-electron chi connectivity index (χ0n) is 19.8. The highest BCUT2D eigenvalue weighted by Crippen LogP contribution is 2.37. The van der Waals surface area contributed by atoms with Crippen LogP contribution in [0.4, 0.5) is 0 Å². The average Bonchev–Trinajstić information content (AvgIpc) is 3.19. The summed E-state index contributed by atoms with van der Waals surface area (Å²) < 4.78 is 11.2. The number of methoxy groups -OCH3 is 1. The number of aryl methyl sites for hydroxylation is 1. The number of amides is 2. The maximum absolute atomic E-state index is 13.3. The molecule has 0 spiro atoms. The highest BCUT2D eigenvalue weighted by molar-refractivity contribution is 5.98. The monoisotopic (exact) mass is 458 g/mol. The summed E-state index contributed by atoms with van der Waals surface area (Å²) in [5.41, 5.74) is 4.68. The quantitative estimate of drug-likeness (QED) is 0.500. The van der Waals surface area contributed by atoms with Crippen LogP contribution in [0, 0.1) is 6.92 Å². The van der Waals surface area contributed by atoms with E-state index in [9.17, 15) is 9.59 Å². The first-order valence-corrected chi connectivity index (χ1v) is 11.5. The summed E-state index contributed by atoms with van der Waals surface area (Å²) in [7, 11) is 1.59. The molecule has 0 bridgehead atoms. The van der Waals surface area contributed by atoms with E-state index < -0.39 is 6.04 Å². The van der Waals surface area contributed by atoms with Crippen molar-refractivity contribution in [3.05, 3.63) is 94.5 Å². The second-order valence-electron chi connectivity index (χ2n) is 8.42. The first-order chi connectivity index (χ1) is 16.5. The van der Waals surface area contributed by atoms with Gasteiger partial charge >= 0.3 is 0 Å². The predicted molar refractivity (Wildman–Crippen MR) is 131 cm³/mol. The largest absolute Gasteiger partial charge is 0.493 e. The molecular formula is C28H30N2O4. The van der Waals surface area contributed by atoms with E-state index in [4.69, 9.17) is 9.47 Å². The lowest BCUT2D eigenvalue weighted by atomic mass is 10.0. The molecule has 1 heterocycles. The Balaban J connectivity index is 1.59. The van der Waals surface area contributed by atoms with Crippen LogP contribution in [0.15, 0.2) is 66.7 Å². The third-order valence-corrected chi connectivity index (χ3v) is 6.09. The van der Waals surface area contributed by atoms with Gasteiger partial charge in [0.25, 0.3) is 5.91 Å². The molecule has 1 aliphatic heterocycles. The summed E-state index contributed by atoms with van der Waals surface area (Å²) in [5, 5.41) is 3.01. The number of benzene rings is 3. The molecule has 2 amide bonds. The van der Waals surface area contributed by atoms with Crippen molar-refractivity contribution < 1.29 is 19.1 Å². The number of hydrogen-bond acceptors (Lipinski definition) is 4. The molecule has 6 heteroatoms. The zero-order valence-corrected chi connectivity index (χ0v) is 19.8. The van der Waals surface area contributed by atoms with Crippen LogP contribution in [0.5, 0.6) is 11.5 Å². The summed E-state index contributed by atoms with van der Waals surface area (Å²) >= 11 is 0. The number of carbonyl (C=O) groups is 2. The summed E-state index contributed by atoms with van der Waals surface area (Å²) in [6.07, 6.45) is 0.142. The Bertz CT molecular complexity index is 1170. The molecule has 0 saturated heterocycles. The maximum atomic E-state index is 13.3. The molecule has 4 rings (SSSR count). The Labute approximate surface area is 200 Å². The van der Waals surface area contributed by atoms with E-state index >= 15 is 0 Å². The van der Waals surface area contributed by atoms with E-state index in [0.717, 1.165) is 16.7 Å². The van der Waals surface area contributed by atoms with Crippen molar-refractivity contribution in [3.63, 3.8) is 0 Å². The van der Waals surface area contributed by atoms with Gasteiger partial charge in [-0.3, -0.25) is 9.59 Å². The van der Waals surface area contributed by atoms with Crippen LogP contribution in [0.1, 0.15) is 52.0 Å². The Hall–Kier alpha value is -3.80. The van der Waals surface area contributed by atoms with Gasteiger partial charge in [-0.15, -0.1) is 0 Å². The number of hydrogen-bond donors (Lipinski definition) is 1. The SMILES string of the molecule is CCOc1ccc([C@H](CC(=O)NCc2ccc(C)cc2)N2Cc3ccccc3C2=O)cc1OC. The fourth-order valence-electron chi connectivity index (χ4n) is 4.26. The van der Waals surface area contributed by atoms with Crippen molar-refractivity contribution in [2.24, 2.45) is 0 Å². The highest BCUT2D eigenvalue weighted by Gasteiger charge is 2.34. The molecule has 0 aliphatic carbocycles. The van der Waals surface area contributed by atoms with Gasteiger partial charge in [0.2, 0.25) is 5.91 Å². The second kappa shape index (κ2) is 10.4. The molecule has 0 radical (unpaired) electrons. The number of nitrogens with zero attached hydrogens (tertiary/aromatic N) is 1. The zero-order chi connectivity index (χ0) is 24.1. The van der Waals surface area contributed by atoms with Crippen LogP contribution in [0.3, 0.4) is 0 Å². The fraction of sp³-hybridized carbons (Fsp3) is 0.286. The molecule has 3 aromatic carbocycles. The predicted octanol–water partition coefficient (Wildman–Crippen LogP) is 4.81. The summed E-state index contributed by atoms with van der Waals surface area (Å²) in [6.45, 7) is 5.35. The molecule has 0 fully saturated rings. The lowest BCUT2D eigenvalue weighted by Gasteiger charge is -2.28. The van der Waals surface area contributed by atoms with Gasteiger partial charge in [-0.2, -0.15) is 0 Å². The maximum Gasteiger partial charge on any atom is 0.255 e. The molecule has 1 atom stereocenters. The highest BCUT2D eigenvalue weighted by atomic mass is 16.5. The molecule has 6 nitrogen and oxygen atoms in total. The molecule has 1 N–H and O–H groups in total. The summed E-state index contributed by atoms with van der Waals surface area (Å²) in [5.74, 6) is 1.02. The van der Waals surface area contributed by atoms with Crippen LogP contribution < -0.4 is 14.8 Å². The van der Waals surface area contributed by atoms with E-state index in [1.807, 2.05) is 80.6 Å². The van der Waals surface area contributed by atoms with E-state index in [-0.39, 0.29) is 18.2 Å². The van der Waals surface area contributed by atoms with Crippen LogP contribution in [0.2, 0.25) is 0 Å². The van der Waals surface area contributed by atoms with Gasteiger partial charge in [0.15, 0.2) is 11.5 Å². The third-order valence-electron chi connectivity index (χ3n) is 6.09. The second-order valence-corrected chi connectivity index (χ2v) is 8.42. The number of nitrogens with one attached hydrogen (secondary N) is 1. The first kappa shape index (κ1) is 23.4. The van der Waals surface area contributed by atoms with Gasteiger partial charge in [-0.1, -0.05) is 54.1 Å². The van der Waals surface area contributed by atoms with Gasteiger partial charge in [-0.25, -0.2) is 0 Å². The van der Waals surface area contributed by atoms with Gasteiger partial charge in [0.05, 0.1) is 26.2 Å². The van der Waals surface area contributed by atoms with Crippen LogP contribution in [-0.2, 0) is 17.9 Å². The van der Waals surface area contributed by atoms with Crippen LogP contribution in [-0.4, -0.2) is 30.4 Å². The number of carbonyl (C=O) groups excluding carboxylic acids is 2. The van der Waals surface area contributed by atoms with E-state index in [1.165, 1.54) is 5.56 Å². The minimum atomic E-state index is -0.442. The first-order valence-electron chi connectivity index (χ1n) is 11.5. The Morgan fingerprint density at radius 3 is 2.53 bits per heavy atom. The minimum Gasteiger partial charge on any atom is -0.493 e.